The molecule has 0 unspecified atom stereocenters. The van der Waals surface area contributed by atoms with Crippen LogP contribution in [-0.4, -0.2) is 26.9 Å². The molecule has 1 aromatic carbocycles. The molecule has 1 aliphatic carbocycles. The number of rotatable bonds is 6. The molecule has 0 spiro atoms. The molecule has 0 heterocycles. The molecule has 0 aliphatic heterocycles. The van der Waals surface area contributed by atoms with Crippen LogP contribution in [0.1, 0.15) is 37.0 Å². The fourth-order valence-electron chi connectivity index (χ4n) is 1.70. The average molecular weight is 375 g/mol. The van der Waals surface area contributed by atoms with Gasteiger partial charge in [0, 0.05) is 17.1 Å². The smallest absolute Gasteiger partial charge is 0.252 e. The maximum atomic E-state index is 12.2. The van der Waals surface area contributed by atoms with E-state index < -0.39 is 10.0 Å². The number of carbonyl (C=O) groups excluding carboxylic acids is 1. The van der Waals surface area contributed by atoms with E-state index in [9.17, 15) is 13.2 Å². The summed E-state index contributed by atoms with van der Waals surface area (Å²) >= 11 is 3.29. The fraction of sp³-hybridized carbons (Fsp3) is 0.500. The van der Waals surface area contributed by atoms with Gasteiger partial charge in [0.25, 0.3) is 5.91 Å². The summed E-state index contributed by atoms with van der Waals surface area (Å²) in [5.74, 6) is -0.0295. The van der Waals surface area contributed by atoms with E-state index in [1.54, 1.807) is 6.07 Å². The number of sulfonamides is 1. The SMILES string of the molecule is CC(C)CNS(=O)(=O)c1ccc(Br)c(C(=O)NC2CC2)c1. The van der Waals surface area contributed by atoms with E-state index in [0.717, 1.165) is 12.8 Å². The topological polar surface area (TPSA) is 75.3 Å². The number of halogens is 1. The van der Waals surface area contributed by atoms with Crippen LogP contribution in [0, 0.1) is 5.92 Å². The zero-order valence-corrected chi connectivity index (χ0v) is 14.4. The van der Waals surface area contributed by atoms with Gasteiger partial charge < -0.3 is 5.32 Å². The monoisotopic (exact) mass is 374 g/mol. The van der Waals surface area contributed by atoms with Gasteiger partial charge in [-0.2, -0.15) is 0 Å². The summed E-state index contributed by atoms with van der Waals surface area (Å²) in [6, 6.07) is 4.71. The maximum absolute atomic E-state index is 12.2. The molecule has 0 bridgehead atoms. The highest BCUT2D eigenvalue weighted by Gasteiger charge is 2.25. The molecule has 21 heavy (non-hydrogen) atoms. The molecule has 0 atom stereocenters. The van der Waals surface area contributed by atoms with Crippen molar-refractivity contribution < 1.29 is 13.2 Å². The van der Waals surface area contributed by atoms with E-state index in [4.69, 9.17) is 0 Å². The first-order valence-corrected chi connectivity index (χ1v) is 9.17. The standard InChI is InChI=1S/C14H19BrN2O3S/c1-9(2)8-16-21(19,20)11-5-6-13(15)12(7-11)14(18)17-10-3-4-10/h5-7,9-10,16H,3-4,8H2,1-2H3,(H,17,18). The number of carbonyl (C=O) groups is 1. The molecule has 7 heteroatoms. The number of amides is 1. The molecular formula is C14H19BrN2O3S. The van der Waals surface area contributed by atoms with Gasteiger partial charge in [0.1, 0.15) is 0 Å². The minimum Gasteiger partial charge on any atom is -0.349 e. The highest BCUT2D eigenvalue weighted by atomic mass is 79.9. The lowest BCUT2D eigenvalue weighted by Gasteiger charge is -2.11. The first-order valence-electron chi connectivity index (χ1n) is 6.89. The fourth-order valence-corrected chi connectivity index (χ4v) is 3.36. The van der Waals surface area contributed by atoms with Crippen LogP contribution in [0.3, 0.4) is 0 Å². The van der Waals surface area contributed by atoms with Crippen LogP contribution in [0.2, 0.25) is 0 Å². The highest BCUT2D eigenvalue weighted by Crippen LogP contribution is 2.24. The Bertz CT molecular complexity index is 640. The third kappa shape index (κ3) is 4.52. The predicted octanol–water partition coefficient (Wildman–Crippen LogP) is 2.28. The molecule has 116 valence electrons. The van der Waals surface area contributed by atoms with Crippen LogP contribution in [0.25, 0.3) is 0 Å². The Morgan fingerprint density at radius 3 is 2.62 bits per heavy atom. The highest BCUT2D eigenvalue weighted by molar-refractivity contribution is 9.10. The van der Waals surface area contributed by atoms with Crippen molar-refractivity contribution in [2.24, 2.45) is 5.92 Å². The van der Waals surface area contributed by atoms with Gasteiger partial charge in [-0.1, -0.05) is 13.8 Å². The minimum atomic E-state index is -3.59. The summed E-state index contributed by atoms with van der Waals surface area (Å²) in [5, 5.41) is 2.86. The van der Waals surface area contributed by atoms with E-state index in [-0.39, 0.29) is 22.8 Å². The third-order valence-electron chi connectivity index (χ3n) is 3.09. The largest absolute Gasteiger partial charge is 0.349 e. The van der Waals surface area contributed by atoms with Gasteiger partial charge in [-0.15, -0.1) is 0 Å². The Balaban J connectivity index is 2.22. The van der Waals surface area contributed by atoms with Gasteiger partial charge >= 0.3 is 0 Å². The lowest BCUT2D eigenvalue weighted by molar-refractivity contribution is 0.0950. The van der Waals surface area contributed by atoms with E-state index in [0.29, 0.717) is 16.6 Å². The van der Waals surface area contributed by atoms with Crippen LogP contribution in [-0.2, 0) is 10.0 Å². The molecule has 0 saturated heterocycles. The Kier molecular flexibility index (Phi) is 5.06. The molecule has 1 fully saturated rings. The first kappa shape index (κ1) is 16.5. The summed E-state index contributed by atoms with van der Waals surface area (Å²) in [7, 11) is -3.59. The number of hydrogen-bond acceptors (Lipinski definition) is 3. The first-order chi connectivity index (χ1) is 9.79. The van der Waals surface area contributed by atoms with Gasteiger partial charge in [0.05, 0.1) is 10.5 Å². The third-order valence-corrected chi connectivity index (χ3v) is 5.20. The maximum Gasteiger partial charge on any atom is 0.252 e. The van der Waals surface area contributed by atoms with Crippen molar-refractivity contribution >= 4 is 31.9 Å². The second-order valence-electron chi connectivity index (χ2n) is 5.64. The second kappa shape index (κ2) is 6.46. The van der Waals surface area contributed by atoms with E-state index >= 15 is 0 Å². The average Bonchev–Trinajstić information content (AvgIpc) is 3.20. The predicted molar refractivity (Wildman–Crippen MR) is 84.7 cm³/mol. The molecule has 1 amide bonds. The zero-order valence-electron chi connectivity index (χ0n) is 12.0. The molecule has 5 nitrogen and oxygen atoms in total. The zero-order chi connectivity index (χ0) is 15.6. The molecule has 2 rings (SSSR count). The van der Waals surface area contributed by atoms with Gasteiger partial charge in [0.2, 0.25) is 10.0 Å². The van der Waals surface area contributed by atoms with E-state index in [1.165, 1.54) is 12.1 Å². The molecule has 2 N–H and O–H groups in total. The van der Waals surface area contributed by atoms with Gasteiger partial charge in [-0.3, -0.25) is 4.79 Å². The molecule has 1 aliphatic rings. The normalized spacial score (nSPS) is 15.2. The number of benzene rings is 1. The van der Waals surface area contributed by atoms with E-state index in [2.05, 4.69) is 26.0 Å². The van der Waals surface area contributed by atoms with Crippen LogP contribution in [0.4, 0.5) is 0 Å². The van der Waals surface area contributed by atoms with Crippen molar-refractivity contribution in [1.29, 1.82) is 0 Å². The Morgan fingerprint density at radius 1 is 1.38 bits per heavy atom. The summed E-state index contributed by atoms with van der Waals surface area (Å²) in [6.45, 7) is 4.22. The molecular weight excluding hydrogens is 356 g/mol. The Morgan fingerprint density at radius 2 is 2.05 bits per heavy atom. The number of hydrogen-bond donors (Lipinski definition) is 2. The second-order valence-corrected chi connectivity index (χ2v) is 8.26. The Hall–Kier alpha value is -0.920. The van der Waals surface area contributed by atoms with E-state index in [1.807, 2.05) is 13.8 Å². The van der Waals surface area contributed by atoms with Crippen molar-refractivity contribution in [3.05, 3.63) is 28.2 Å². The summed E-state index contributed by atoms with van der Waals surface area (Å²) in [6.07, 6.45) is 1.97. The van der Waals surface area contributed by atoms with Crippen molar-refractivity contribution in [1.82, 2.24) is 10.0 Å². The summed E-state index contributed by atoms with van der Waals surface area (Å²) in [4.78, 5) is 12.2. The van der Waals surface area contributed by atoms with Crippen LogP contribution in [0.15, 0.2) is 27.6 Å². The Labute approximate surface area is 133 Å². The quantitative estimate of drug-likeness (QED) is 0.801. The minimum absolute atomic E-state index is 0.104. The van der Waals surface area contributed by atoms with Gasteiger partial charge in [-0.25, -0.2) is 13.1 Å². The molecule has 0 radical (unpaired) electrons. The molecule has 1 aromatic rings. The lowest BCUT2D eigenvalue weighted by atomic mass is 10.2. The van der Waals surface area contributed by atoms with Crippen molar-refractivity contribution in [2.75, 3.05) is 6.54 Å². The molecule has 0 aromatic heterocycles. The summed E-state index contributed by atoms with van der Waals surface area (Å²) < 4.78 is 27.5. The number of nitrogens with one attached hydrogen (secondary N) is 2. The lowest BCUT2D eigenvalue weighted by Crippen LogP contribution is -2.29. The molecule has 1 saturated carbocycles. The van der Waals surface area contributed by atoms with Crippen LogP contribution >= 0.6 is 15.9 Å². The van der Waals surface area contributed by atoms with Gasteiger partial charge in [0.15, 0.2) is 0 Å². The van der Waals surface area contributed by atoms with Crippen molar-refractivity contribution in [3.63, 3.8) is 0 Å². The van der Waals surface area contributed by atoms with Crippen LogP contribution < -0.4 is 10.0 Å². The van der Waals surface area contributed by atoms with Crippen molar-refractivity contribution in [3.8, 4) is 0 Å². The van der Waals surface area contributed by atoms with Crippen molar-refractivity contribution in [2.45, 2.75) is 37.6 Å². The van der Waals surface area contributed by atoms with Crippen LogP contribution in [0.5, 0.6) is 0 Å². The van der Waals surface area contributed by atoms with Gasteiger partial charge in [-0.05, 0) is 52.9 Å². The summed E-state index contributed by atoms with van der Waals surface area (Å²) in [5.41, 5.74) is 0.342.